The molecule has 176 valence electrons. The molecule has 5 nitrogen and oxygen atoms in total. The number of amides is 1. The minimum Gasteiger partial charge on any atom is -0.438 e. The van der Waals surface area contributed by atoms with E-state index in [4.69, 9.17) is 21.3 Å². The lowest BCUT2D eigenvalue weighted by Gasteiger charge is -2.39. The standard InChI is InChI=1S/C26H18BrClN2O3S2/c27-17-6-1-3-8-20(17)33-23-11-5-10-22(29-23)26(16-12-13-34-15-16)14-19(31)24(25(32)30-26)35-21-9-4-2-7-18(21)28/h1-13,15,24H,14H2,(H,30,32). The van der Waals surface area contributed by atoms with Crippen molar-refractivity contribution in [2.45, 2.75) is 22.1 Å². The lowest BCUT2D eigenvalue weighted by molar-refractivity contribution is -0.133. The molecule has 1 aliphatic rings. The number of Topliss-reactive ketones (excluding diaryl/α,β-unsaturated/α-hetero) is 1. The van der Waals surface area contributed by atoms with Crippen LogP contribution in [0.25, 0.3) is 0 Å². The largest absolute Gasteiger partial charge is 0.438 e. The van der Waals surface area contributed by atoms with E-state index in [-0.39, 0.29) is 18.1 Å². The first-order valence-corrected chi connectivity index (χ1v) is 13.6. The van der Waals surface area contributed by atoms with Crippen LogP contribution in [0.3, 0.4) is 0 Å². The van der Waals surface area contributed by atoms with E-state index in [1.807, 2.05) is 59.3 Å². The van der Waals surface area contributed by atoms with Crippen LogP contribution in [-0.2, 0) is 15.1 Å². The van der Waals surface area contributed by atoms with E-state index < -0.39 is 10.8 Å². The fourth-order valence-electron chi connectivity index (χ4n) is 3.94. The molecule has 5 rings (SSSR count). The van der Waals surface area contributed by atoms with E-state index in [1.54, 1.807) is 24.3 Å². The molecule has 35 heavy (non-hydrogen) atoms. The van der Waals surface area contributed by atoms with Crippen molar-refractivity contribution in [3.63, 3.8) is 0 Å². The van der Waals surface area contributed by atoms with E-state index in [2.05, 4.69) is 21.2 Å². The summed E-state index contributed by atoms with van der Waals surface area (Å²) in [6.07, 6.45) is 0.0586. The summed E-state index contributed by atoms with van der Waals surface area (Å²) in [4.78, 5) is 32.2. The van der Waals surface area contributed by atoms with Gasteiger partial charge in [-0.15, -0.1) is 11.8 Å². The van der Waals surface area contributed by atoms with Crippen LogP contribution in [0.15, 0.2) is 92.9 Å². The maximum Gasteiger partial charge on any atom is 0.242 e. The number of carbonyl (C=O) groups excluding carboxylic acids is 2. The predicted octanol–water partition coefficient (Wildman–Crippen LogP) is 6.84. The molecule has 1 fully saturated rings. The molecule has 9 heteroatoms. The highest BCUT2D eigenvalue weighted by Crippen LogP contribution is 2.41. The summed E-state index contributed by atoms with van der Waals surface area (Å²) in [6.45, 7) is 0. The molecule has 4 aromatic rings. The Balaban J connectivity index is 1.49. The van der Waals surface area contributed by atoms with Gasteiger partial charge in [0.25, 0.3) is 0 Å². The third kappa shape index (κ3) is 4.89. The zero-order valence-corrected chi connectivity index (χ0v) is 22.1. The van der Waals surface area contributed by atoms with Crippen molar-refractivity contribution in [3.8, 4) is 11.6 Å². The fourth-order valence-corrected chi connectivity index (χ4v) is 6.28. The molecule has 2 aromatic heterocycles. The minimum atomic E-state index is -1.10. The number of ketones is 1. The average molecular weight is 586 g/mol. The molecule has 0 radical (unpaired) electrons. The zero-order valence-electron chi connectivity index (χ0n) is 18.1. The maximum absolute atomic E-state index is 13.4. The molecule has 0 spiro atoms. The molecule has 0 aliphatic carbocycles. The number of nitrogens with one attached hydrogen (secondary N) is 1. The lowest BCUT2D eigenvalue weighted by atomic mass is 9.79. The molecular formula is C26H18BrClN2O3S2. The summed E-state index contributed by atoms with van der Waals surface area (Å²) in [7, 11) is 0. The summed E-state index contributed by atoms with van der Waals surface area (Å²) >= 11 is 12.4. The number of ether oxygens (including phenoxy) is 1. The van der Waals surface area contributed by atoms with Crippen molar-refractivity contribution in [2.75, 3.05) is 0 Å². The smallest absolute Gasteiger partial charge is 0.242 e. The second kappa shape index (κ2) is 10.1. The quantitative estimate of drug-likeness (QED) is 0.251. The molecular weight excluding hydrogens is 568 g/mol. The monoisotopic (exact) mass is 584 g/mol. The molecule has 1 aliphatic heterocycles. The number of para-hydroxylation sites is 1. The van der Waals surface area contributed by atoms with Crippen molar-refractivity contribution >= 4 is 62.3 Å². The highest BCUT2D eigenvalue weighted by molar-refractivity contribution is 9.10. The number of rotatable bonds is 6. The number of hydrogen-bond acceptors (Lipinski definition) is 6. The number of piperidine rings is 1. The van der Waals surface area contributed by atoms with Gasteiger partial charge in [0.05, 0.1) is 15.2 Å². The number of benzene rings is 2. The number of pyridine rings is 1. The molecule has 0 saturated carbocycles. The number of thioether (sulfide) groups is 1. The van der Waals surface area contributed by atoms with Crippen molar-refractivity contribution in [1.29, 1.82) is 0 Å². The summed E-state index contributed by atoms with van der Waals surface area (Å²) in [5.74, 6) is 0.403. The minimum absolute atomic E-state index is 0.0586. The fraction of sp³-hybridized carbons (Fsp3) is 0.115. The SMILES string of the molecule is O=C1CC(c2ccsc2)(c2cccc(Oc3ccccc3Br)n2)NC(=O)C1Sc1ccccc1Cl. The van der Waals surface area contributed by atoms with Gasteiger partial charge in [-0.2, -0.15) is 11.3 Å². The molecule has 1 amide bonds. The maximum atomic E-state index is 13.4. The molecule has 1 N–H and O–H groups in total. The Hall–Kier alpha value is -2.65. The predicted molar refractivity (Wildman–Crippen MR) is 142 cm³/mol. The number of halogens is 2. The van der Waals surface area contributed by atoms with Crippen LogP contribution in [0.2, 0.25) is 5.02 Å². The Morgan fingerprint density at radius 2 is 1.86 bits per heavy atom. The van der Waals surface area contributed by atoms with Gasteiger partial charge in [0.2, 0.25) is 11.8 Å². The third-order valence-electron chi connectivity index (χ3n) is 5.61. The first-order chi connectivity index (χ1) is 17.0. The average Bonchev–Trinajstić information content (AvgIpc) is 3.40. The van der Waals surface area contributed by atoms with Crippen LogP contribution in [0.4, 0.5) is 0 Å². The van der Waals surface area contributed by atoms with Gasteiger partial charge in [-0.05, 0) is 68.7 Å². The van der Waals surface area contributed by atoms with E-state index >= 15 is 0 Å². The first-order valence-electron chi connectivity index (χ1n) is 10.6. The highest BCUT2D eigenvalue weighted by atomic mass is 79.9. The van der Waals surface area contributed by atoms with Gasteiger partial charge in [-0.25, -0.2) is 4.98 Å². The third-order valence-corrected chi connectivity index (χ3v) is 8.72. The van der Waals surface area contributed by atoms with Gasteiger partial charge >= 0.3 is 0 Å². The second-order valence-electron chi connectivity index (χ2n) is 7.87. The normalized spacial score (nSPS) is 19.9. The molecule has 2 aromatic carbocycles. The van der Waals surface area contributed by atoms with Gasteiger partial charge in [0.15, 0.2) is 5.78 Å². The van der Waals surface area contributed by atoms with Crippen LogP contribution >= 0.6 is 50.6 Å². The Morgan fingerprint density at radius 3 is 2.60 bits per heavy atom. The van der Waals surface area contributed by atoms with Gasteiger partial charge in [0, 0.05) is 17.4 Å². The number of hydrogen-bond donors (Lipinski definition) is 1. The topological polar surface area (TPSA) is 68.3 Å². The van der Waals surface area contributed by atoms with Crippen LogP contribution in [0.1, 0.15) is 17.7 Å². The summed E-state index contributed by atoms with van der Waals surface area (Å²) in [6, 6.07) is 21.9. The molecule has 1 saturated heterocycles. The number of thiophene rings is 1. The van der Waals surface area contributed by atoms with Gasteiger partial charge in [0.1, 0.15) is 16.5 Å². The molecule has 0 bridgehead atoms. The van der Waals surface area contributed by atoms with E-state index in [0.717, 1.165) is 10.0 Å². The van der Waals surface area contributed by atoms with Crippen molar-refractivity contribution in [3.05, 3.63) is 104 Å². The number of nitrogens with zero attached hydrogens (tertiary/aromatic N) is 1. The first kappa shape index (κ1) is 24.1. The Labute approximate surface area is 224 Å². The highest BCUT2D eigenvalue weighted by Gasteiger charge is 2.48. The lowest BCUT2D eigenvalue weighted by Crippen LogP contribution is -2.58. The van der Waals surface area contributed by atoms with E-state index in [1.165, 1.54) is 23.1 Å². The van der Waals surface area contributed by atoms with Gasteiger partial charge < -0.3 is 10.1 Å². The number of carbonyl (C=O) groups is 2. The Morgan fingerprint density at radius 1 is 1.06 bits per heavy atom. The molecule has 2 unspecified atom stereocenters. The Bertz CT molecular complexity index is 1380. The Kier molecular flexibility index (Phi) is 6.98. The van der Waals surface area contributed by atoms with E-state index in [0.29, 0.717) is 27.2 Å². The second-order valence-corrected chi connectivity index (χ2v) is 11.1. The van der Waals surface area contributed by atoms with Crippen LogP contribution in [-0.4, -0.2) is 21.9 Å². The zero-order chi connectivity index (χ0) is 24.4. The van der Waals surface area contributed by atoms with Crippen LogP contribution in [0, 0.1) is 0 Å². The van der Waals surface area contributed by atoms with Crippen molar-refractivity contribution < 1.29 is 14.3 Å². The van der Waals surface area contributed by atoms with E-state index in [9.17, 15) is 9.59 Å². The van der Waals surface area contributed by atoms with Crippen molar-refractivity contribution in [1.82, 2.24) is 10.3 Å². The molecule has 3 heterocycles. The molecule has 2 atom stereocenters. The summed E-state index contributed by atoms with van der Waals surface area (Å²) in [5, 5.41) is 6.58. The summed E-state index contributed by atoms with van der Waals surface area (Å²) < 4.78 is 6.79. The number of aromatic nitrogens is 1. The van der Waals surface area contributed by atoms with Gasteiger partial charge in [-0.1, -0.05) is 41.9 Å². The summed E-state index contributed by atoms with van der Waals surface area (Å²) in [5.41, 5.74) is 0.234. The van der Waals surface area contributed by atoms with Crippen molar-refractivity contribution in [2.24, 2.45) is 0 Å². The van der Waals surface area contributed by atoms with Crippen LogP contribution < -0.4 is 10.1 Å². The van der Waals surface area contributed by atoms with Crippen LogP contribution in [0.5, 0.6) is 11.6 Å². The van der Waals surface area contributed by atoms with Gasteiger partial charge in [-0.3, -0.25) is 9.59 Å².